The summed E-state index contributed by atoms with van der Waals surface area (Å²) < 4.78 is 64.4. The Morgan fingerprint density at radius 2 is 1.29 bits per heavy atom. The summed E-state index contributed by atoms with van der Waals surface area (Å²) in [6, 6.07) is 27.7. The molecule has 0 spiro atoms. The van der Waals surface area contributed by atoms with E-state index < -0.39 is 15.6 Å². The lowest BCUT2D eigenvalue weighted by molar-refractivity contribution is -0.0500. The monoisotopic (exact) mass is 442 g/mol. The minimum Gasteiger partial charge on any atom is -0.376 e. The first-order valence-corrected chi connectivity index (χ1v) is 10.8. The second kappa shape index (κ2) is 8.07. The zero-order chi connectivity index (χ0) is 22.1. The maximum atomic E-state index is 12.6. The van der Waals surface area contributed by atoms with Gasteiger partial charge in [-0.1, -0.05) is 78.9 Å². The second-order valence-electron chi connectivity index (χ2n) is 7.07. The van der Waals surface area contributed by atoms with Gasteiger partial charge in [0.2, 0.25) is 0 Å². The maximum Gasteiger partial charge on any atom is 0.534 e. The van der Waals surface area contributed by atoms with Crippen LogP contribution in [0.15, 0.2) is 91.0 Å². The van der Waals surface area contributed by atoms with Crippen LogP contribution >= 0.6 is 0 Å². The van der Waals surface area contributed by atoms with Crippen LogP contribution in [0.1, 0.15) is 11.1 Å². The fourth-order valence-electron chi connectivity index (χ4n) is 3.29. The van der Waals surface area contributed by atoms with Crippen molar-refractivity contribution in [1.29, 1.82) is 0 Å². The third-order valence-electron chi connectivity index (χ3n) is 4.83. The van der Waals surface area contributed by atoms with Crippen LogP contribution in [-0.2, 0) is 16.5 Å². The van der Waals surface area contributed by atoms with E-state index in [2.05, 4.69) is 4.18 Å². The number of halogens is 3. The van der Waals surface area contributed by atoms with E-state index in [1.807, 2.05) is 72.8 Å². The van der Waals surface area contributed by atoms with Crippen molar-refractivity contribution in [3.8, 4) is 16.9 Å². The van der Waals surface area contributed by atoms with Crippen molar-refractivity contribution in [2.24, 2.45) is 0 Å². The molecule has 0 saturated heterocycles. The van der Waals surface area contributed by atoms with Crippen molar-refractivity contribution in [2.75, 3.05) is 0 Å². The highest BCUT2D eigenvalue weighted by Crippen LogP contribution is 2.29. The van der Waals surface area contributed by atoms with Gasteiger partial charge in [0, 0.05) is 0 Å². The van der Waals surface area contributed by atoms with Crippen molar-refractivity contribution < 1.29 is 25.8 Å². The van der Waals surface area contributed by atoms with E-state index in [0.717, 1.165) is 27.6 Å². The van der Waals surface area contributed by atoms with Gasteiger partial charge in [0.15, 0.2) is 0 Å². The fourth-order valence-corrected chi connectivity index (χ4v) is 3.74. The van der Waals surface area contributed by atoms with E-state index in [1.165, 1.54) is 18.2 Å². The molecule has 0 heterocycles. The van der Waals surface area contributed by atoms with Gasteiger partial charge >= 0.3 is 15.6 Å². The lowest BCUT2D eigenvalue weighted by Crippen LogP contribution is -2.28. The quantitative estimate of drug-likeness (QED) is 0.268. The Balaban J connectivity index is 1.56. The van der Waals surface area contributed by atoms with E-state index in [1.54, 1.807) is 0 Å². The summed E-state index contributed by atoms with van der Waals surface area (Å²) in [5, 5.41) is 1.35. The highest BCUT2D eigenvalue weighted by molar-refractivity contribution is 7.88. The van der Waals surface area contributed by atoms with Crippen LogP contribution in [-0.4, -0.2) is 13.9 Å². The van der Waals surface area contributed by atoms with Crippen molar-refractivity contribution in [2.45, 2.75) is 11.9 Å². The van der Waals surface area contributed by atoms with Gasteiger partial charge < -0.3 is 4.18 Å². The lowest BCUT2D eigenvalue weighted by atomic mass is 9.99. The van der Waals surface area contributed by atoms with Gasteiger partial charge in [0.05, 0.1) is 0 Å². The van der Waals surface area contributed by atoms with Crippen LogP contribution in [0.2, 0.25) is 0 Å². The Morgan fingerprint density at radius 3 is 1.97 bits per heavy atom. The third kappa shape index (κ3) is 4.72. The number of fused-ring (bicyclic) bond motifs is 1. The van der Waals surface area contributed by atoms with Crippen molar-refractivity contribution in [3.63, 3.8) is 0 Å². The summed E-state index contributed by atoms with van der Waals surface area (Å²) in [5.74, 6) is -0.380. The number of rotatable bonds is 5. The van der Waals surface area contributed by atoms with Gasteiger partial charge in [0.25, 0.3) is 0 Å². The number of hydrogen-bond donors (Lipinski definition) is 0. The molecule has 4 aromatic carbocycles. The first-order valence-electron chi connectivity index (χ1n) is 9.39. The van der Waals surface area contributed by atoms with E-state index in [0.29, 0.717) is 11.8 Å². The van der Waals surface area contributed by atoms with E-state index >= 15 is 0 Å². The summed E-state index contributed by atoms with van der Waals surface area (Å²) in [6.45, 7) is 0. The Labute approximate surface area is 177 Å². The molecule has 0 saturated carbocycles. The third-order valence-corrected chi connectivity index (χ3v) is 5.81. The highest BCUT2D eigenvalue weighted by atomic mass is 32.2. The molecule has 0 amide bonds. The Hall–Kier alpha value is -3.32. The standard InChI is InChI=1S/C24H17F3O3S/c25-24(26,27)31(28,29)30-23-13-12-21-11-8-18(15-22(21)16-23)14-17-6-9-20(10-7-17)19-4-2-1-3-5-19/h1-13,15-16H,14H2. The Kier molecular flexibility index (Phi) is 5.45. The van der Waals surface area contributed by atoms with Gasteiger partial charge in [-0.25, -0.2) is 0 Å². The summed E-state index contributed by atoms with van der Waals surface area (Å²) >= 11 is 0. The maximum absolute atomic E-state index is 12.6. The molecule has 0 N–H and O–H groups in total. The molecule has 4 rings (SSSR count). The first kappa shape index (κ1) is 20.9. The molecule has 0 aliphatic heterocycles. The minimum absolute atomic E-state index is 0.380. The summed E-state index contributed by atoms with van der Waals surface area (Å²) in [5.41, 5.74) is -1.23. The minimum atomic E-state index is -5.71. The van der Waals surface area contributed by atoms with Crippen LogP contribution < -0.4 is 4.18 Å². The molecule has 0 bridgehead atoms. The van der Waals surface area contributed by atoms with E-state index in [4.69, 9.17) is 0 Å². The van der Waals surface area contributed by atoms with E-state index in [-0.39, 0.29) is 5.75 Å². The number of hydrogen-bond acceptors (Lipinski definition) is 3. The molecule has 0 radical (unpaired) electrons. The average molecular weight is 442 g/mol. The molecule has 0 fully saturated rings. The van der Waals surface area contributed by atoms with Crippen molar-refractivity contribution in [1.82, 2.24) is 0 Å². The number of alkyl halides is 3. The molecule has 4 aromatic rings. The largest absolute Gasteiger partial charge is 0.534 e. The second-order valence-corrected chi connectivity index (χ2v) is 8.60. The van der Waals surface area contributed by atoms with Crippen molar-refractivity contribution >= 4 is 20.9 Å². The van der Waals surface area contributed by atoms with Crippen LogP contribution in [0.5, 0.6) is 5.75 Å². The van der Waals surface area contributed by atoms with Gasteiger partial charge in [-0.05, 0) is 51.6 Å². The van der Waals surface area contributed by atoms with Crippen LogP contribution in [0.3, 0.4) is 0 Å². The molecule has 31 heavy (non-hydrogen) atoms. The van der Waals surface area contributed by atoms with Gasteiger partial charge in [-0.15, -0.1) is 0 Å². The zero-order valence-corrected chi connectivity index (χ0v) is 17.0. The Morgan fingerprint density at radius 1 is 0.677 bits per heavy atom. The molecule has 0 aromatic heterocycles. The van der Waals surface area contributed by atoms with Gasteiger partial charge in [-0.3, -0.25) is 0 Å². The normalized spacial score (nSPS) is 12.1. The molecule has 0 unspecified atom stereocenters. The topological polar surface area (TPSA) is 43.4 Å². The predicted octanol–water partition coefficient (Wildman–Crippen LogP) is 6.33. The van der Waals surface area contributed by atoms with Crippen LogP contribution in [0.25, 0.3) is 21.9 Å². The summed E-state index contributed by atoms with van der Waals surface area (Å²) in [6.07, 6.45) is 0.622. The lowest BCUT2D eigenvalue weighted by Gasteiger charge is -2.10. The molecule has 3 nitrogen and oxygen atoms in total. The SMILES string of the molecule is O=S(=O)(Oc1ccc2ccc(Cc3ccc(-c4ccccc4)cc3)cc2c1)C(F)(F)F. The summed E-state index contributed by atoms with van der Waals surface area (Å²) in [4.78, 5) is 0. The molecule has 7 heteroatoms. The summed E-state index contributed by atoms with van der Waals surface area (Å²) in [7, 11) is -5.71. The molecule has 0 atom stereocenters. The fraction of sp³-hybridized carbons (Fsp3) is 0.0833. The first-order chi connectivity index (χ1) is 14.7. The molecular formula is C24H17F3O3S. The predicted molar refractivity (Wildman–Crippen MR) is 114 cm³/mol. The molecule has 0 aliphatic carbocycles. The molecule has 0 aliphatic rings. The molecule has 158 valence electrons. The zero-order valence-electron chi connectivity index (χ0n) is 16.1. The van der Waals surface area contributed by atoms with Gasteiger partial charge in [-0.2, -0.15) is 21.6 Å². The van der Waals surface area contributed by atoms with Crippen molar-refractivity contribution in [3.05, 3.63) is 102 Å². The average Bonchev–Trinajstić information content (AvgIpc) is 2.74. The van der Waals surface area contributed by atoms with Crippen LogP contribution in [0, 0.1) is 0 Å². The van der Waals surface area contributed by atoms with E-state index in [9.17, 15) is 21.6 Å². The number of benzene rings is 4. The highest BCUT2D eigenvalue weighted by Gasteiger charge is 2.48. The van der Waals surface area contributed by atoms with Gasteiger partial charge in [0.1, 0.15) is 5.75 Å². The Bertz CT molecular complexity index is 1310. The smallest absolute Gasteiger partial charge is 0.376 e. The van der Waals surface area contributed by atoms with Crippen LogP contribution in [0.4, 0.5) is 13.2 Å². The molecular weight excluding hydrogens is 425 g/mol.